The van der Waals surface area contributed by atoms with Gasteiger partial charge in [-0.2, -0.15) is 18.2 Å². The van der Waals surface area contributed by atoms with Gasteiger partial charge in [0.25, 0.3) is 5.91 Å². The highest BCUT2D eigenvalue weighted by atomic mass is 35.5. The summed E-state index contributed by atoms with van der Waals surface area (Å²) in [6, 6.07) is 10.0. The first-order valence-electron chi connectivity index (χ1n) is 8.98. The maximum absolute atomic E-state index is 12.6. The van der Waals surface area contributed by atoms with Gasteiger partial charge < -0.3 is 14.3 Å². The van der Waals surface area contributed by atoms with Crippen molar-refractivity contribution in [3.05, 3.63) is 59.1 Å². The first kappa shape index (κ1) is 20.1. The number of amides is 1. The van der Waals surface area contributed by atoms with Gasteiger partial charge in [0, 0.05) is 48.5 Å². The van der Waals surface area contributed by atoms with Crippen LogP contribution in [0.15, 0.2) is 47.1 Å². The molecule has 3 aromatic rings. The van der Waals surface area contributed by atoms with Gasteiger partial charge >= 0.3 is 12.1 Å². The number of carbonyl (C=O) groups excluding carboxylic acids is 1. The summed E-state index contributed by atoms with van der Waals surface area (Å²) in [4.78, 5) is 24.0. The lowest BCUT2D eigenvalue weighted by Gasteiger charge is -2.35. The summed E-state index contributed by atoms with van der Waals surface area (Å²) in [7, 11) is 0. The van der Waals surface area contributed by atoms with E-state index >= 15 is 0 Å². The maximum atomic E-state index is 12.6. The molecule has 156 valence electrons. The number of piperazine rings is 1. The molecule has 11 heteroatoms. The van der Waals surface area contributed by atoms with Gasteiger partial charge in [0.2, 0.25) is 5.82 Å². The maximum Gasteiger partial charge on any atom is 0.471 e. The van der Waals surface area contributed by atoms with Crippen molar-refractivity contribution in [3.63, 3.8) is 0 Å². The minimum Gasteiger partial charge on any atom is -0.353 e. The van der Waals surface area contributed by atoms with Crippen LogP contribution in [0.25, 0.3) is 11.4 Å². The molecule has 1 saturated heterocycles. The number of hydrogen-bond acceptors (Lipinski definition) is 6. The largest absolute Gasteiger partial charge is 0.471 e. The Kier molecular flexibility index (Phi) is 5.33. The van der Waals surface area contributed by atoms with E-state index in [-0.39, 0.29) is 11.7 Å². The average molecular weight is 438 g/mol. The number of halogens is 4. The van der Waals surface area contributed by atoms with E-state index in [2.05, 4.69) is 19.6 Å². The zero-order chi connectivity index (χ0) is 21.3. The van der Waals surface area contributed by atoms with Crippen LogP contribution in [0.4, 0.5) is 19.0 Å². The predicted octanol–water partition coefficient (Wildman–Crippen LogP) is 3.77. The van der Waals surface area contributed by atoms with Crippen molar-refractivity contribution in [2.75, 3.05) is 31.1 Å². The average Bonchev–Trinajstić information content (AvgIpc) is 3.25. The van der Waals surface area contributed by atoms with E-state index in [9.17, 15) is 18.0 Å². The molecule has 0 aliphatic carbocycles. The molecule has 4 rings (SSSR count). The third-order valence-corrected chi connectivity index (χ3v) is 4.91. The summed E-state index contributed by atoms with van der Waals surface area (Å²) in [6.45, 7) is 2.19. The monoisotopic (exact) mass is 437 g/mol. The summed E-state index contributed by atoms with van der Waals surface area (Å²) in [6.07, 6.45) is -3.30. The van der Waals surface area contributed by atoms with Crippen molar-refractivity contribution >= 4 is 23.3 Å². The van der Waals surface area contributed by atoms with Crippen LogP contribution in [0.5, 0.6) is 0 Å². The molecule has 0 saturated carbocycles. The van der Waals surface area contributed by atoms with Gasteiger partial charge in [-0.3, -0.25) is 4.79 Å². The quantitative estimate of drug-likeness (QED) is 0.621. The number of alkyl halides is 3. The van der Waals surface area contributed by atoms with Gasteiger partial charge in [0.1, 0.15) is 5.82 Å². The van der Waals surface area contributed by atoms with E-state index in [1.54, 1.807) is 41.3 Å². The summed E-state index contributed by atoms with van der Waals surface area (Å²) in [5.74, 6) is -0.994. The van der Waals surface area contributed by atoms with E-state index in [4.69, 9.17) is 11.6 Å². The molecular formula is C19H15ClF3N5O2. The minimum absolute atomic E-state index is 0.0628. The molecule has 1 fully saturated rings. The lowest BCUT2D eigenvalue weighted by atomic mass is 10.2. The van der Waals surface area contributed by atoms with Crippen molar-refractivity contribution < 1.29 is 22.5 Å². The smallest absolute Gasteiger partial charge is 0.353 e. The molecule has 1 amide bonds. The SMILES string of the molecule is O=C(c1ccc(Cl)cc1)N1CCN(c2ccc(-c3noc(C(F)(F)F)n3)cn2)CC1. The van der Waals surface area contributed by atoms with Gasteiger partial charge in [-0.25, -0.2) is 4.98 Å². The first-order valence-corrected chi connectivity index (χ1v) is 9.36. The fourth-order valence-electron chi connectivity index (χ4n) is 3.07. The predicted molar refractivity (Wildman–Crippen MR) is 102 cm³/mol. The number of anilines is 1. The van der Waals surface area contributed by atoms with Crippen molar-refractivity contribution in [3.8, 4) is 11.4 Å². The second-order valence-electron chi connectivity index (χ2n) is 6.61. The molecule has 2 aromatic heterocycles. The van der Waals surface area contributed by atoms with Crippen LogP contribution in [0, 0.1) is 0 Å². The van der Waals surface area contributed by atoms with Gasteiger partial charge in [0.15, 0.2) is 0 Å². The van der Waals surface area contributed by atoms with Crippen molar-refractivity contribution in [1.29, 1.82) is 0 Å². The summed E-state index contributed by atoms with van der Waals surface area (Å²) >= 11 is 5.86. The van der Waals surface area contributed by atoms with Crippen LogP contribution >= 0.6 is 11.6 Å². The van der Waals surface area contributed by atoms with E-state index in [1.165, 1.54) is 6.20 Å². The second kappa shape index (κ2) is 7.94. The van der Waals surface area contributed by atoms with Crippen LogP contribution in [0.2, 0.25) is 5.02 Å². The molecule has 0 spiro atoms. The van der Waals surface area contributed by atoms with E-state index in [0.29, 0.717) is 48.1 Å². The van der Waals surface area contributed by atoms with Crippen LogP contribution in [0.1, 0.15) is 16.2 Å². The number of rotatable bonds is 3. The van der Waals surface area contributed by atoms with Crippen LogP contribution < -0.4 is 4.90 Å². The third kappa shape index (κ3) is 4.23. The van der Waals surface area contributed by atoms with Crippen molar-refractivity contribution in [1.82, 2.24) is 20.0 Å². The van der Waals surface area contributed by atoms with E-state index in [1.807, 2.05) is 4.90 Å². The van der Waals surface area contributed by atoms with Gasteiger partial charge in [-0.05, 0) is 36.4 Å². The fraction of sp³-hybridized carbons (Fsp3) is 0.263. The highest BCUT2D eigenvalue weighted by molar-refractivity contribution is 6.30. The van der Waals surface area contributed by atoms with Crippen molar-refractivity contribution in [2.24, 2.45) is 0 Å². The molecule has 7 nitrogen and oxygen atoms in total. The Labute approximate surface area is 174 Å². The number of benzene rings is 1. The number of nitrogens with zero attached hydrogens (tertiary/aromatic N) is 5. The zero-order valence-electron chi connectivity index (χ0n) is 15.4. The van der Waals surface area contributed by atoms with Crippen LogP contribution in [0.3, 0.4) is 0 Å². The molecular weight excluding hydrogens is 423 g/mol. The summed E-state index contributed by atoms with van der Waals surface area (Å²) in [5.41, 5.74) is 0.892. The molecule has 1 aliphatic rings. The fourth-order valence-corrected chi connectivity index (χ4v) is 3.20. The Balaban J connectivity index is 1.38. The zero-order valence-corrected chi connectivity index (χ0v) is 16.2. The molecule has 30 heavy (non-hydrogen) atoms. The molecule has 1 aromatic carbocycles. The molecule has 0 unspecified atom stereocenters. The van der Waals surface area contributed by atoms with E-state index < -0.39 is 12.1 Å². The lowest BCUT2D eigenvalue weighted by molar-refractivity contribution is -0.159. The normalized spacial score (nSPS) is 14.8. The van der Waals surface area contributed by atoms with Crippen LogP contribution in [-0.4, -0.2) is 52.1 Å². The van der Waals surface area contributed by atoms with Gasteiger partial charge in [-0.1, -0.05) is 16.8 Å². The molecule has 0 N–H and O–H groups in total. The Bertz CT molecular complexity index is 1030. The molecule has 3 heterocycles. The lowest BCUT2D eigenvalue weighted by Crippen LogP contribution is -2.49. The van der Waals surface area contributed by atoms with Gasteiger partial charge in [0.05, 0.1) is 0 Å². The van der Waals surface area contributed by atoms with Crippen LogP contribution in [-0.2, 0) is 6.18 Å². The topological polar surface area (TPSA) is 75.4 Å². The standard InChI is InChI=1S/C19H15ClF3N5O2/c20-14-4-1-12(2-5-14)17(29)28-9-7-27(8-10-28)15-6-3-13(11-24-15)16-25-18(30-26-16)19(21,22)23/h1-6,11H,7-10H2. The Hall–Kier alpha value is -3.14. The minimum atomic E-state index is -4.69. The Morgan fingerprint density at radius 1 is 1.03 bits per heavy atom. The highest BCUT2D eigenvalue weighted by Gasteiger charge is 2.38. The number of hydrogen-bond donors (Lipinski definition) is 0. The number of pyridine rings is 1. The van der Waals surface area contributed by atoms with E-state index in [0.717, 1.165) is 0 Å². The summed E-state index contributed by atoms with van der Waals surface area (Å²) in [5, 5.41) is 3.92. The molecule has 0 radical (unpaired) electrons. The molecule has 0 bridgehead atoms. The molecule has 1 aliphatic heterocycles. The third-order valence-electron chi connectivity index (χ3n) is 4.66. The number of carbonyl (C=O) groups is 1. The second-order valence-corrected chi connectivity index (χ2v) is 7.05. The summed E-state index contributed by atoms with van der Waals surface area (Å²) < 4.78 is 42.0. The van der Waals surface area contributed by atoms with Crippen molar-refractivity contribution in [2.45, 2.75) is 6.18 Å². The molecule has 0 atom stereocenters. The Morgan fingerprint density at radius 3 is 2.30 bits per heavy atom. The first-order chi connectivity index (χ1) is 14.3. The Morgan fingerprint density at radius 2 is 1.73 bits per heavy atom. The number of aromatic nitrogens is 3. The highest BCUT2D eigenvalue weighted by Crippen LogP contribution is 2.29. The van der Waals surface area contributed by atoms with Gasteiger partial charge in [-0.15, -0.1) is 0 Å².